The quantitative estimate of drug-likeness (QED) is 0.629. The van der Waals surface area contributed by atoms with Crippen LogP contribution < -0.4 is 9.80 Å². The SMILES string of the molecule is O=C1[C@H]2CCC(=O)N2Cc2cc(Br)ccc2N1CCCN1CCN(c2ncccn2)CC1. The zero-order chi connectivity index (χ0) is 22.1. The maximum atomic E-state index is 13.4. The fraction of sp³-hybridized carbons (Fsp3) is 0.478. The summed E-state index contributed by atoms with van der Waals surface area (Å²) >= 11 is 3.54. The van der Waals surface area contributed by atoms with Crippen LogP contribution in [-0.4, -0.2) is 76.9 Å². The molecule has 1 atom stereocenters. The van der Waals surface area contributed by atoms with Crippen molar-refractivity contribution in [2.24, 2.45) is 0 Å². The van der Waals surface area contributed by atoms with Gasteiger partial charge in [0, 0.05) is 68.2 Å². The standard InChI is InChI=1S/C23H27BrN6O2/c24-18-3-4-19-17(15-18)16-30-20(5-6-21(30)31)22(32)29(19)10-2-9-27-11-13-28(14-12-27)23-25-7-1-8-26-23/h1,3-4,7-8,15,20H,2,5-6,9-14,16H2/t20-/m1/s1. The van der Waals surface area contributed by atoms with Crippen molar-refractivity contribution >= 4 is 39.4 Å². The first kappa shape index (κ1) is 21.3. The van der Waals surface area contributed by atoms with Gasteiger partial charge >= 0.3 is 0 Å². The van der Waals surface area contributed by atoms with Crippen molar-refractivity contribution in [1.82, 2.24) is 19.8 Å². The lowest BCUT2D eigenvalue weighted by atomic mass is 10.1. The summed E-state index contributed by atoms with van der Waals surface area (Å²) in [7, 11) is 0. The largest absolute Gasteiger partial charge is 0.338 e. The van der Waals surface area contributed by atoms with Crippen LogP contribution in [0.15, 0.2) is 41.1 Å². The van der Waals surface area contributed by atoms with Crippen molar-refractivity contribution in [3.05, 3.63) is 46.7 Å². The monoisotopic (exact) mass is 498 g/mol. The van der Waals surface area contributed by atoms with E-state index in [2.05, 4.69) is 35.7 Å². The van der Waals surface area contributed by atoms with Gasteiger partial charge in [-0.2, -0.15) is 0 Å². The summed E-state index contributed by atoms with van der Waals surface area (Å²) in [6.45, 7) is 5.83. The van der Waals surface area contributed by atoms with Crippen LogP contribution in [0.25, 0.3) is 0 Å². The van der Waals surface area contributed by atoms with Gasteiger partial charge in [-0.1, -0.05) is 15.9 Å². The molecule has 0 spiro atoms. The molecule has 2 amide bonds. The molecule has 0 N–H and O–H groups in total. The Morgan fingerprint density at radius 3 is 2.59 bits per heavy atom. The average Bonchev–Trinajstić information content (AvgIpc) is 3.13. The lowest BCUT2D eigenvalue weighted by molar-refractivity contribution is -0.134. The highest BCUT2D eigenvalue weighted by atomic mass is 79.9. The van der Waals surface area contributed by atoms with E-state index in [4.69, 9.17) is 0 Å². The van der Waals surface area contributed by atoms with Crippen molar-refractivity contribution in [3.8, 4) is 0 Å². The molecule has 0 bridgehead atoms. The fourth-order valence-corrected chi connectivity index (χ4v) is 5.33. The van der Waals surface area contributed by atoms with Gasteiger partial charge in [0.05, 0.1) is 0 Å². The van der Waals surface area contributed by atoms with Gasteiger partial charge in [-0.25, -0.2) is 9.97 Å². The third-order valence-corrected chi connectivity index (χ3v) is 7.11. The van der Waals surface area contributed by atoms with Crippen molar-refractivity contribution in [3.63, 3.8) is 0 Å². The summed E-state index contributed by atoms with van der Waals surface area (Å²) < 4.78 is 0.967. The van der Waals surface area contributed by atoms with E-state index in [1.807, 2.05) is 29.2 Å². The summed E-state index contributed by atoms with van der Waals surface area (Å²) in [4.78, 5) is 42.8. The number of piperazine rings is 1. The predicted molar refractivity (Wildman–Crippen MR) is 125 cm³/mol. The van der Waals surface area contributed by atoms with Gasteiger partial charge in [-0.05, 0) is 49.2 Å². The van der Waals surface area contributed by atoms with E-state index in [1.165, 1.54) is 0 Å². The highest BCUT2D eigenvalue weighted by Crippen LogP contribution is 2.34. The molecule has 4 heterocycles. The molecule has 1 aromatic heterocycles. The number of anilines is 2. The van der Waals surface area contributed by atoms with Crippen molar-refractivity contribution < 1.29 is 9.59 Å². The molecule has 0 radical (unpaired) electrons. The summed E-state index contributed by atoms with van der Waals surface area (Å²) in [5.74, 6) is 0.931. The van der Waals surface area contributed by atoms with Crippen LogP contribution in [0.1, 0.15) is 24.8 Å². The number of carbonyl (C=O) groups excluding carboxylic acids is 2. The molecular formula is C23H27BrN6O2. The molecule has 8 nitrogen and oxygen atoms in total. The molecule has 1 aromatic carbocycles. The normalized spacial score (nSPS) is 21.5. The Hall–Kier alpha value is -2.52. The summed E-state index contributed by atoms with van der Waals surface area (Å²) in [6, 6.07) is 7.52. The van der Waals surface area contributed by atoms with E-state index in [0.29, 0.717) is 25.9 Å². The Kier molecular flexibility index (Phi) is 6.10. The number of benzene rings is 1. The van der Waals surface area contributed by atoms with E-state index in [0.717, 1.165) is 60.8 Å². The number of nitrogens with zero attached hydrogens (tertiary/aromatic N) is 6. The van der Waals surface area contributed by atoms with Gasteiger partial charge in [0.25, 0.3) is 0 Å². The minimum atomic E-state index is -0.330. The third-order valence-electron chi connectivity index (χ3n) is 6.62. The van der Waals surface area contributed by atoms with Crippen molar-refractivity contribution in [1.29, 1.82) is 0 Å². The van der Waals surface area contributed by atoms with Crippen LogP contribution in [-0.2, 0) is 16.1 Å². The smallest absolute Gasteiger partial charge is 0.249 e. The first-order valence-corrected chi connectivity index (χ1v) is 12.0. The lowest BCUT2D eigenvalue weighted by Crippen LogP contribution is -2.48. The Labute approximate surface area is 196 Å². The fourth-order valence-electron chi connectivity index (χ4n) is 4.92. The maximum absolute atomic E-state index is 13.4. The van der Waals surface area contributed by atoms with Gasteiger partial charge in [0.2, 0.25) is 17.8 Å². The summed E-state index contributed by atoms with van der Waals surface area (Å²) in [6.07, 6.45) is 5.53. The molecule has 0 aliphatic carbocycles. The van der Waals surface area contributed by atoms with E-state index < -0.39 is 0 Å². The van der Waals surface area contributed by atoms with E-state index in [9.17, 15) is 9.59 Å². The Balaban J connectivity index is 1.22. The first-order chi connectivity index (χ1) is 15.6. The summed E-state index contributed by atoms with van der Waals surface area (Å²) in [5, 5.41) is 0. The molecule has 2 fully saturated rings. The molecular weight excluding hydrogens is 472 g/mol. The number of carbonyl (C=O) groups is 2. The predicted octanol–water partition coefficient (Wildman–Crippen LogP) is 2.29. The molecule has 3 aliphatic heterocycles. The zero-order valence-electron chi connectivity index (χ0n) is 18.0. The molecule has 9 heteroatoms. The Morgan fingerprint density at radius 1 is 1.03 bits per heavy atom. The van der Waals surface area contributed by atoms with Crippen LogP contribution in [0, 0.1) is 0 Å². The molecule has 5 rings (SSSR count). The number of halogens is 1. The Morgan fingerprint density at radius 2 is 1.81 bits per heavy atom. The highest BCUT2D eigenvalue weighted by molar-refractivity contribution is 9.10. The maximum Gasteiger partial charge on any atom is 0.249 e. The molecule has 0 saturated carbocycles. The van der Waals surface area contributed by atoms with Crippen molar-refractivity contribution in [2.45, 2.75) is 31.8 Å². The molecule has 3 aliphatic rings. The van der Waals surface area contributed by atoms with E-state index in [1.54, 1.807) is 17.3 Å². The zero-order valence-corrected chi connectivity index (χ0v) is 19.6. The Bertz CT molecular complexity index is 995. The van der Waals surface area contributed by atoms with Gasteiger partial charge < -0.3 is 14.7 Å². The van der Waals surface area contributed by atoms with E-state index >= 15 is 0 Å². The van der Waals surface area contributed by atoms with Gasteiger partial charge in [0.1, 0.15) is 6.04 Å². The number of rotatable bonds is 5. The van der Waals surface area contributed by atoms with E-state index in [-0.39, 0.29) is 17.9 Å². The van der Waals surface area contributed by atoms with Crippen LogP contribution in [0.2, 0.25) is 0 Å². The number of aromatic nitrogens is 2. The second-order valence-electron chi connectivity index (χ2n) is 8.57. The molecule has 2 aromatic rings. The molecule has 168 valence electrons. The first-order valence-electron chi connectivity index (χ1n) is 11.2. The van der Waals surface area contributed by atoms with Crippen LogP contribution in [0.3, 0.4) is 0 Å². The average molecular weight is 499 g/mol. The minimum Gasteiger partial charge on any atom is -0.338 e. The molecule has 0 unspecified atom stereocenters. The number of hydrogen-bond donors (Lipinski definition) is 0. The van der Waals surface area contributed by atoms with Gasteiger partial charge in [-0.3, -0.25) is 14.5 Å². The van der Waals surface area contributed by atoms with Crippen LogP contribution in [0.4, 0.5) is 11.6 Å². The van der Waals surface area contributed by atoms with Gasteiger partial charge in [-0.15, -0.1) is 0 Å². The highest BCUT2D eigenvalue weighted by Gasteiger charge is 2.41. The summed E-state index contributed by atoms with van der Waals surface area (Å²) in [5.41, 5.74) is 1.97. The van der Waals surface area contributed by atoms with Crippen LogP contribution >= 0.6 is 15.9 Å². The number of fused-ring (bicyclic) bond motifs is 2. The lowest BCUT2D eigenvalue weighted by Gasteiger charge is -2.35. The second-order valence-corrected chi connectivity index (χ2v) is 9.49. The second kappa shape index (κ2) is 9.15. The molecule has 2 saturated heterocycles. The number of hydrogen-bond acceptors (Lipinski definition) is 6. The van der Waals surface area contributed by atoms with Crippen LogP contribution in [0.5, 0.6) is 0 Å². The minimum absolute atomic E-state index is 0.0583. The number of amides is 2. The third kappa shape index (κ3) is 4.23. The topological polar surface area (TPSA) is 72.9 Å². The van der Waals surface area contributed by atoms with Crippen molar-refractivity contribution in [2.75, 3.05) is 49.1 Å². The van der Waals surface area contributed by atoms with Gasteiger partial charge in [0.15, 0.2) is 0 Å². The molecule has 32 heavy (non-hydrogen) atoms.